The number of carbonyl (C=O) groups is 1. The topological polar surface area (TPSA) is 20.3 Å². The van der Waals surface area contributed by atoms with Crippen molar-refractivity contribution < 1.29 is 4.79 Å². The number of hydrogen-bond donors (Lipinski definition) is 0. The van der Waals surface area contributed by atoms with Gasteiger partial charge in [0, 0.05) is 19.5 Å². The summed E-state index contributed by atoms with van der Waals surface area (Å²) in [5.41, 5.74) is 2.68. The number of nitrogens with zero attached hydrogens (tertiary/aromatic N) is 1. The summed E-state index contributed by atoms with van der Waals surface area (Å²) in [5.74, 6) is 0.173. The van der Waals surface area contributed by atoms with Crippen LogP contribution in [0.5, 0.6) is 0 Å². The number of amides is 1. The number of benzene rings is 1. The Kier molecular flexibility index (Phi) is 2.28. The van der Waals surface area contributed by atoms with Crippen LogP contribution in [-0.4, -0.2) is 16.8 Å². The van der Waals surface area contributed by atoms with Gasteiger partial charge in [0.05, 0.1) is 0 Å². The lowest BCUT2D eigenvalue weighted by Crippen LogP contribution is -2.41. The molecule has 1 aromatic carbocycles. The number of fused-ring (bicyclic) bond motifs is 1. The second kappa shape index (κ2) is 3.45. The van der Waals surface area contributed by atoms with Crippen molar-refractivity contribution in [1.29, 1.82) is 0 Å². The van der Waals surface area contributed by atoms with Crippen LogP contribution in [0.1, 0.15) is 25.0 Å². The van der Waals surface area contributed by atoms with Crippen molar-refractivity contribution in [3.05, 3.63) is 35.4 Å². The average molecular weight is 189 g/mol. The Morgan fingerprint density at radius 2 is 2.00 bits per heavy atom. The first kappa shape index (κ1) is 9.25. The van der Waals surface area contributed by atoms with E-state index in [0.29, 0.717) is 6.04 Å². The highest BCUT2D eigenvalue weighted by Crippen LogP contribution is 2.22. The Hall–Kier alpha value is -1.31. The van der Waals surface area contributed by atoms with Gasteiger partial charge < -0.3 is 4.90 Å². The fourth-order valence-electron chi connectivity index (χ4n) is 2.10. The van der Waals surface area contributed by atoms with Crippen LogP contribution in [0.2, 0.25) is 0 Å². The molecule has 74 valence electrons. The van der Waals surface area contributed by atoms with E-state index in [1.807, 2.05) is 11.0 Å². The standard InChI is InChI=1S/C12H15NO/c1-9-7-11-5-3-4-6-12(11)8-13(9)10(2)14/h3-6,9H,7-8H2,1-2H3/t9-/m1/s1. The second-order valence-corrected chi connectivity index (χ2v) is 3.97. The van der Waals surface area contributed by atoms with Crippen LogP contribution in [0.25, 0.3) is 0 Å². The van der Waals surface area contributed by atoms with Gasteiger partial charge in [-0.05, 0) is 24.5 Å². The van der Waals surface area contributed by atoms with Gasteiger partial charge in [0.15, 0.2) is 0 Å². The zero-order chi connectivity index (χ0) is 10.1. The molecule has 1 aromatic rings. The van der Waals surface area contributed by atoms with E-state index >= 15 is 0 Å². The monoisotopic (exact) mass is 189 g/mol. The van der Waals surface area contributed by atoms with E-state index in [-0.39, 0.29) is 5.91 Å². The van der Waals surface area contributed by atoms with Crippen LogP contribution >= 0.6 is 0 Å². The molecule has 1 heterocycles. The smallest absolute Gasteiger partial charge is 0.219 e. The molecule has 0 saturated heterocycles. The lowest BCUT2D eigenvalue weighted by molar-refractivity contribution is -0.131. The van der Waals surface area contributed by atoms with Crippen molar-refractivity contribution >= 4 is 5.91 Å². The Bertz CT molecular complexity index is 359. The van der Waals surface area contributed by atoms with Gasteiger partial charge >= 0.3 is 0 Å². The Labute approximate surface area is 84.5 Å². The molecule has 1 atom stereocenters. The lowest BCUT2D eigenvalue weighted by Gasteiger charge is -2.34. The highest BCUT2D eigenvalue weighted by molar-refractivity contribution is 5.74. The molecule has 1 amide bonds. The second-order valence-electron chi connectivity index (χ2n) is 3.97. The molecule has 14 heavy (non-hydrogen) atoms. The first-order valence-corrected chi connectivity index (χ1v) is 5.02. The first-order chi connectivity index (χ1) is 6.68. The molecule has 2 rings (SSSR count). The fourth-order valence-corrected chi connectivity index (χ4v) is 2.10. The Morgan fingerprint density at radius 3 is 2.64 bits per heavy atom. The summed E-state index contributed by atoms with van der Waals surface area (Å²) in [5, 5.41) is 0. The maximum Gasteiger partial charge on any atom is 0.219 e. The molecule has 0 aliphatic carbocycles. The molecule has 0 fully saturated rings. The summed E-state index contributed by atoms with van der Waals surface area (Å²) in [6.07, 6.45) is 0.982. The van der Waals surface area contributed by atoms with Crippen molar-refractivity contribution in [2.24, 2.45) is 0 Å². The van der Waals surface area contributed by atoms with E-state index in [4.69, 9.17) is 0 Å². The molecular weight excluding hydrogens is 174 g/mol. The van der Waals surface area contributed by atoms with Gasteiger partial charge in [-0.3, -0.25) is 4.79 Å². The van der Waals surface area contributed by atoms with Crippen molar-refractivity contribution in [2.75, 3.05) is 0 Å². The van der Waals surface area contributed by atoms with E-state index in [0.717, 1.165) is 13.0 Å². The molecule has 1 aliphatic heterocycles. The maximum absolute atomic E-state index is 11.3. The predicted octanol–water partition coefficient (Wildman–Crippen LogP) is 1.98. The Balaban J connectivity index is 2.31. The molecule has 1 aliphatic rings. The lowest BCUT2D eigenvalue weighted by atomic mass is 9.95. The van der Waals surface area contributed by atoms with Crippen molar-refractivity contribution in [2.45, 2.75) is 32.9 Å². The van der Waals surface area contributed by atoms with E-state index in [1.54, 1.807) is 6.92 Å². The van der Waals surface area contributed by atoms with Crippen molar-refractivity contribution in [1.82, 2.24) is 4.90 Å². The van der Waals surface area contributed by atoms with Gasteiger partial charge in [0.1, 0.15) is 0 Å². The quantitative estimate of drug-likeness (QED) is 0.611. The first-order valence-electron chi connectivity index (χ1n) is 5.02. The summed E-state index contributed by atoms with van der Waals surface area (Å²) in [6, 6.07) is 8.70. The van der Waals surface area contributed by atoms with Crippen molar-refractivity contribution in [3.63, 3.8) is 0 Å². The van der Waals surface area contributed by atoms with E-state index in [2.05, 4.69) is 25.1 Å². The zero-order valence-corrected chi connectivity index (χ0v) is 8.66. The van der Waals surface area contributed by atoms with Crippen LogP contribution in [0.15, 0.2) is 24.3 Å². The van der Waals surface area contributed by atoms with Crippen LogP contribution in [0, 0.1) is 0 Å². The summed E-state index contributed by atoms with van der Waals surface area (Å²) < 4.78 is 0. The predicted molar refractivity (Wildman–Crippen MR) is 55.8 cm³/mol. The molecule has 0 N–H and O–H groups in total. The largest absolute Gasteiger partial charge is 0.336 e. The Morgan fingerprint density at radius 1 is 1.36 bits per heavy atom. The SMILES string of the molecule is CC(=O)N1Cc2ccccc2C[C@H]1C. The number of hydrogen-bond acceptors (Lipinski definition) is 1. The molecule has 0 radical (unpaired) electrons. The minimum absolute atomic E-state index is 0.173. The number of carbonyl (C=O) groups excluding carboxylic acids is 1. The van der Waals surface area contributed by atoms with Crippen LogP contribution < -0.4 is 0 Å². The van der Waals surface area contributed by atoms with Gasteiger partial charge in [-0.25, -0.2) is 0 Å². The highest BCUT2D eigenvalue weighted by atomic mass is 16.2. The summed E-state index contributed by atoms with van der Waals surface area (Å²) >= 11 is 0. The van der Waals surface area contributed by atoms with Gasteiger partial charge in [-0.15, -0.1) is 0 Å². The third kappa shape index (κ3) is 1.52. The van der Waals surface area contributed by atoms with E-state index < -0.39 is 0 Å². The molecule has 0 spiro atoms. The molecule has 0 unspecified atom stereocenters. The van der Waals surface area contributed by atoms with Crippen LogP contribution in [0.3, 0.4) is 0 Å². The number of rotatable bonds is 0. The summed E-state index contributed by atoms with van der Waals surface area (Å²) in [4.78, 5) is 13.3. The highest BCUT2D eigenvalue weighted by Gasteiger charge is 2.23. The van der Waals surface area contributed by atoms with Gasteiger partial charge in [0.25, 0.3) is 0 Å². The molecule has 0 saturated carbocycles. The minimum atomic E-state index is 0.173. The van der Waals surface area contributed by atoms with Gasteiger partial charge in [0.2, 0.25) is 5.91 Å². The molecule has 0 aromatic heterocycles. The van der Waals surface area contributed by atoms with Crippen LogP contribution in [-0.2, 0) is 17.8 Å². The molecule has 2 nitrogen and oxygen atoms in total. The molecule has 0 bridgehead atoms. The average Bonchev–Trinajstić information content (AvgIpc) is 2.16. The maximum atomic E-state index is 11.3. The van der Waals surface area contributed by atoms with Gasteiger partial charge in [-0.1, -0.05) is 24.3 Å². The molecule has 2 heteroatoms. The summed E-state index contributed by atoms with van der Waals surface area (Å²) in [6.45, 7) is 4.52. The van der Waals surface area contributed by atoms with E-state index in [9.17, 15) is 4.79 Å². The van der Waals surface area contributed by atoms with E-state index in [1.165, 1.54) is 11.1 Å². The summed E-state index contributed by atoms with van der Waals surface area (Å²) in [7, 11) is 0. The molecular formula is C12H15NO. The normalized spacial score (nSPS) is 20.4. The third-order valence-corrected chi connectivity index (χ3v) is 2.91. The minimum Gasteiger partial charge on any atom is -0.336 e. The van der Waals surface area contributed by atoms with Crippen LogP contribution in [0.4, 0.5) is 0 Å². The fraction of sp³-hybridized carbons (Fsp3) is 0.417. The third-order valence-electron chi connectivity index (χ3n) is 2.91. The zero-order valence-electron chi connectivity index (χ0n) is 8.66. The van der Waals surface area contributed by atoms with Crippen molar-refractivity contribution in [3.8, 4) is 0 Å². The van der Waals surface area contributed by atoms with Gasteiger partial charge in [-0.2, -0.15) is 0 Å².